The molecule has 0 bridgehead atoms. The Balaban J connectivity index is 1.71. The molecule has 0 aromatic rings. The molecule has 4 nitrogen and oxygen atoms in total. The molecule has 2 rings (SSSR count). The third-order valence-electron chi connectivity index (χ3n) is 4.23. The lowest BCUT2D eigenvalue weighted by Gasteiger charge is -2.28. The van der Waals surface area contributed by atoms with E-state index in [1.165, 1.54) is 32.4 Å². The third kappa shape index (κ3) is 3.42. The Morgan fingerprint density at radius 1 is 1.12 bits per heavy atom. The number of hydrogen-bond donors (Lipinski definition) is 1. The molecule has 4 heteroatoms. The molecule has 0 unspecified atom stereocenters. The largest absolute Gasteiger partial charge is 0.369 e. The van der Waals surface area contributed by atoms with Crippen molar-refractivity contribution in [2.45, 2.75) is 26.2 Å². The molecule has 2 aliphatic heterocycles. The maximum Gasteiger partial charge on any atom is 0.222 e. The lowest BCUT2D eigenvalue weighted by atomic mass is 9.98. The van der Waals surface area contributed by atoms with Crippen molar-refractivity contribution >= 4 is 5.91 Å². The molecule has 0 saturated carbocycles. The maximum atomic E-state index is 11.2. The van der Waals surface area contributed by atoms with Gasteiger partial charge >= 0.3 is 0 Å². The smallest absolute Gasteiger partial charge is 0.222 e. The molecule has 98 valence electrons. The number of hydrogen-bond acceptors (Lipinski definition) is 3. The first-order valence-electron chi connectivity index (χ1n) is 6.91. The summed E-state index contributed by atoms with van der Waals surface area (Å²) in [5.41, 5.74) is 5.41. The van der Waals surface area contributed by atoms with E-state index in [1.807, 2.05) is 0 Å². The van der Waals surface area contributed by atoms with Gasteiger partial charge in [-0.15, -0.1) is 0 Å². The van der Waals surface area contributed by atoms with Crippen molar-refractivity contribution < 1.29 is 4.79 Å². The molecule has 17 heavy (non-hydrogen) atoms. The van der Waals surface area contributed by atoms with Gasteiger partial charge in [0.15, 0.2) is 0 Å². The highest BCUT2D eigenvalue weighted by atomic mass is 16.1. The monoisotopic (exact) mass is 239 g/mol. The zero-order valence-corrected chi connectivity index (χ0v) is 10.9. The Morgan fingerprint density at radius 3 is 2.35 bits per heavy atom. The second-order valence-electron chi connectivity index (χ2n) is 5.65. The minimum atomic E-state index is -0.127. The van der Waals surface area contributed by atoms with Crippen molar-refractivity contribution in [3.05, 3.63) is 0 Å². The molecule has 2 N–H and O–H groups in total. The highest BCUT2D eigenvalue weighted by Crippen LogP contribution is 2.22. The van der Waals surface area contributed by atoms with Crippen LogP contribution in [0.2, 0.25) is 0 Å². The molecule has 2 heterocycles. The van der Waals surface area contributed by atoms with E-state index in [0.717, 1.165) is 26.2 Å². The Bertz CT molecular complexity index is 263. The maximum absolute atomic E-state index is 11.2. The number of primary amides is 1. The van der Waals surface area contributed by atoms with Crippen LogP contribution in [-0.2, 0) is 4.79 Å². The Morgan fingerprint density at radius 2 is 1.76 bits per heavy atom. The summed E-state index contributed by atoms with van der Waals surface area (Å²) in [6, 6.07) is 0. The standard InChI is InChI=1S/C13H25N3O/c1-11-9-16(10-12(11)13(14)17)8-7-15-5-3-2-4-6-15/h11-12H,2-10H2,1H3,(H2,14,17)/t11-,12-/m1/s1. The molecular weight excluding hydrogens is 214 g/mol. The number of carbonyl (C=O) groups excluding carboxylic acids is 1. The minimum absolute atomic E-state index is 0.0661. The predicted octanol–water partition coefficient (Wildman–Crippen LogP) is 0.526. The van der Waals surface area contributed by atoms with Crippen molar-refractivity contribution in [3.8, 4) is 0 Å². The van der Waals surface area contributed by atoms with Crippen LogP contribution in [0.4, 0.5) is 0 Å². The van der Waals surface area contributed by atoms with Crippen molar-refractivity contribution in [1.82, 2.24) is 9.80 Å². The Labute approximate surface area is 104 Å². The van der Waals surface area contributed by atoms with Gasteiger partial charge in [0.2, 0.25) is 5.91 Å². The van der Waals surface area contributed by atoms with Crippen molar-refractivity contribution in [2.24, 2.45) is 17.6 Å². The fourth-order valence-electron chi connectivity index (χ4n) is 3.09. The van der Waals surface area contributed by atoms with Gasteiger partial charge in [0.25, 0.3) is 0 Å². The van der Waals surface area contributed by atoms with Crippen LogP contribution in [-0.4, -0.2) is 55.0 Å². The van der Waals surface area contributed by atoms with E-state index in [4.69, 9.17) is 5.73 Å². The molecular formula is C13H25N3O. The Kier molecular flexibility index (Phi) is 4.40. The van der Waals surface area contributed by atoms with Gasteiger partial charge in [-0.05, 0) is 31.8 Å². The van der Waals surface area contributed by atoms with Crippen molar-refractivity contribution in [3.63, 3.8) is 0 Å². The molecule has 0 aromatic carbocycles. The second kappa shape index (κ2) is 5.83. The first kappa shape index (κ1) is 12.8. The van der Waals surface area contributed by atoms with E-state index >= 15 is 0 Å². The SMILES string of the molecule is C[C@@H]1CN(CCN2CCCCC2)C[C@H]1C(N)=O. The summed E-state index contributed by atoms with van der Waals surface area (Å²) in [5, 5.41) is 0. The van der Waals surface area contributed by atoms with Gasteiger partial charge in [-0.3, -0.25) is 4.79 Å². The van der Waals surface area contributed by atoms with E-state index in [2.05, 4.69) is 16.7 Å². The summed E-state index contributed by atoms with van der Waals surface area (Å²) in [6.07, 6.45) is 4.08. The predicted molar refractivity (Wildman–Crippen MR) is 68.6 cm³/mol. The van der Waals surface area contributed by atoms with Gasteiger partial charge in [-0.25, -0.2) is 0 Å². The van der Waals surface area contributed by atoms with Crippen LogP contribution in [0.3, 0.4) is 0 Å². The molecule has 0 radical (unpaired) electrons. The van der Waals surface area contributed by atoms with Gasteiger partial charge in [0, 0.05) is 26.2 Å². The first-order chi connectivity index (χ1) is 8.16. The summed E-state index contributed by atoms with van der Waals surface area (Å²) in [7, 11) is 0. The number of nitrogens with two attached hydrogens (primary N) is 1. The van der Waals surface area contributed by atoms with Crippen LogP contribution < -0.4 is 5.73 Å². The van der Waals surface area contributed by atoms with Gasteiger partial charge in [-0.2, -0.15) is 0 Å². The van der Waals surface area contributed by atoms with Crippen LogP contribution >= 0.6 is 0 Å². The van der Waals surface area contributed by atoms with E-state index in [-0.39, 0.29) is 11.8 Å². The van der Waals surface area contributed by atoms with Gasteiger partial charge in [-0.1, -0.05) is 13.3 Å². The zero-order valence-electron chi connectivity index (χ0n) is 10.9. The summed E-state index contributed by atoms with van der Waals surface area (Å²) < 4.78 is 0. The average Bonchev–Trinajstić information content (AvgIpc) is 2.69. The summed E-state index contributed by atoms with van der Waals surface area (Å²) in [6.45, 7) is 8.78. The summed E-state index contributed by atoms with van der Waals surface area (Å²) in [5.74, 6) is 0.364. The lowest BCUT2D eigenvalue weighted by molar-refractivity contribution is -0.122. The average molecular weight is 239 g/mol. The number of rotatable bonds is 4. The first-order valence-corrected chi connectivity index (χ1v) is 6.91. The normalized spacial score (nSPS) is 31.8. The molecule has 0 aliphatic carbocycles. The zero-order chi connectivity index (χ0) is 12.3. The fourth-order valence-corrected chi connectivity index (χ4v) is 3.09. The van der Waals surface area contributed by atoms with Crippen LogP contribution in [0.1, 0.15) is 26.2 Å². The van der Waals surface area contributed by atoms with Gasteiger partial charge < -0.3 is 15.5 Å². The van der Waals surface area contributed by atoms with Gasteiger partial charge in [0.1, 0.15) is 0 Å². The molecule has 0 spiro atoms. The number of carbonyl (C=O) groups is 1. The quantitative estimate of drug-likeness (QED) is 0.778. The molecule has 2 atom stereocenters. The minimum Gasteiger partial charge on any atom is -0.369 e. The fraction of sp³-hybridized carbons (Fsp3) is 0.923. The summed E-state index contributed by atoms with van der Waals surface area (Å²) >= 11 is 0. The number of amides is 1. The molecule has 1 amide bonds. The van der Waals surface area contributed by atoms with Crippen molar-refractivity contribution in [1.29, 1.82) is 0 Å². The summed E-state index contributed by atoms with van der Waals surface area (Å²) in [4.78, 5) is 16.2. The van der Waals surface area contributed by atoms with Crippen LogP contribution in [0.5, 0.6) is 0 Å². The van der Waals surface area contributed by atoms with Crippen LogP contribution in [0.25, 0.3) is 0 Å². The van der Waals surface area contributed by atoms with Crippen LogP contribution in [0, 0.1) is 11.8 Å². The highest BCUT2D eigenvalue weighted by molar-refractivity contribution is 5.77. The topological polar surface area (TPSA) is 49.6 Å². The second-order valence-corrected chi connectivity index (χ2v) is 5.65. The van der Waals surface area contributed by atoms with E-state index in [1.54, 1.807) is 0 Å². The van der Waals surface area contributed by atoms with E-state index in [0.29, 0.717) is 5.92 Å². The van der Waals surface area contributed by atoms with E-state index in [9.17, 15) is 4.79 Å². The highest BCUT2D eigenvalue weighted by Gasteiger charge is 2.33. The molecule has 2 fully saturated rings. The lowest BCUT2D eigenvalue weighted by Crippen LogP contribution is -2.37. The number of likely N-dealkylation sites (tertiary alicyclic amines) is 2. The molecule has 0 aromatic heterocycles. The number of nitrogens with zero attached hydrogens (tertiary/aromatic N) is 2. The van der Waals surface area contributed by atoms with Crippen molar-refractivity contribution in [2.75, 3.05) is 39.3 Å². The van der Waals surface area contributed by atoms with E-state index < -0.39 is 0 Å². The third-order valence-corrected chi connectivity index (χ3v) is 4.23. The Hall–Kier alpha value is -0.610. The molecule has 2 aliphatic rings. The van der Waals surface area contributed by atoms with Gasteiger partial charge in [0.05, 0.1) is 5.92 Å². The van der Waals surface area contributed by atoms with Crippen LogP contribution in [0.15, 0.2) is 0 Å². The number of piperidine rings is 1. The molecule has 2 saturated heterocycles.